The van der Waals surface area contributed by atoms with Crippen LogP contribution in [0.5, 0.6) is 5.75 Å². The molecule has 3 aromatic rings. The molecule has 0 saturated heterocycles. The zero-order valence-corrected chi connectivity index (χ0v) is 15.4. The van der Waals surface area contributed by atoms with Gasteiger partial charge in [0.2, 0.25) is 0 Å². The van der Waals surface area contributed by atoms with Gasteiger partial charge in [-0.1, -0.05) is 18.6 Å². The van der Waals surface area contributed by atoms with Gasteiger partial charge in [0, 0.05) is 16.9 Å². The van der Waals surface area contributed by atoms with Crippen molar-refractivity contribution in [3.05, 3.63) is 71.4 Å². The maximum Gasteiger partial charge on any atom is 0.335 e. The maximum absolute atomic E-state index is 11.2. The standard InChI is InChI=1S/C23H23NO3/c1-27-20-8-5-7-17(14-20)22-15-18-6-3-2-4-9-21(18)24(22)19-12-10-16(11-13-19)23(25)26/h5,7-8,10-15H,2-4,6,9H2,1H3,(H,25,26). The van der Waals surface area contributed by atoms with Crippen LogP contribution < -0.4 is 4.74 Å². The van der Waals surface area contributed by atoms with Crippen molar-refractivity contribution in [2.75, 3.05) is 7.11 Å². The van der Waals surface area contributed by atoms with E-state index < -0.39 is 5.97 Å². The number of carboxylic acids is 1. The molecule has 4 nitrogen and oxygen atoms in total. The number of carbonyl (C=O) groups is 1. The summed E-state index contributed by atoms with van der Waals surface area (Å²) in [6.45, 7) is 0. The van der Waals surface area contributed by atoms with Crippen LogP contribution in [0.25, 0.3) is 16.9 Å². The molecule has 0 bridgehead atoms. The minimum atomic E-state index is -0.902. The summed E-state index contributed by atoms with van der Waals surface area (Å²) in [4.78, 5) is 11.2. The number of benzene rings is 2. The molecule has 0 amide bonds. The van der Waals surface area contributed by atoms with Crippen molar-refractivity contribution in [1.82, 2.24) is 4.57 Å². The molecule has 0 saturated carbocycles. The summed E-state index contributed by atoms with van der Waals surface area (Å²) in [6.07, 6.45) is 5.78. The van der Waals surface area contributed by atoms with Gasteiger partial charge in [-0.25, -0.2) is 4.79 Å². The van der Waals surface area contributed by atoms with Crippen LogP contribution in [0.3, 0.4) is 0 Å². The van der Waals surface area contributed by atoms with Crippen molar-refractivity contribution in [2.45, 2.75) is 32.1 Å². The summed E-state index contributed by atoms with van der Waals surface area (Å²) in [7, 11) is 1.68. The molecule has 0 radical (unpaired) electrons. The number of fused-ring (bicyclic) bond motifs is 1. The lowest BCUT2D eigenvalue weighted by Crippen LogP contribution is -2.04. The molecule has 2 aromatic carbocycles. The zero-order valence-electron chi connectivity index (χ0n) is 15.4. The van der Waals surface area contributed by atoms with Crippen LogP contribution in [0.4, 0.5) is 0 Å². The Morgan fingerprint density at radius 3 is 2.52 bits per heavy atom. The molecule has 4 rings (SSSR count). The summed E-state index contributed by atoms with van der Waals surface area (Å²) in [5.74, 6) is -0.0717. The quantitative estimate of drug-likeness (QED) is 0.656. The number of ether oxygens (including phenoxy) is 1. The molecular formula is C23H23NO3. The van der Waals surface area contributed by atoms with E-state index >= 15 is 0 Å². The first-order chi connectivity index (χ1) is 13.2. The summed E-state index contributed by atoms with van der Waals surface area (Å²) < 4.78 is 7.70. The smallest absolute Gasteiger partial charge is 0.335 e. The Hall–Kier alpha value is -3.01. The Morgan fingerprint density at radius 1 is 1.00 bits per heavy atom. The molecule has 4 heteroatoms. The molecule has 0 unspecified atom stereocenters. The van der Waals surface area contributed by atoms with Crippen LogP contribution in [0.15, 0.2) is 54.6 Å². The van der Waals surface area contributed by atoms with Gasteiger partial charge in [-0.2, -0.15) is 0 Å². The van der Waals surface area contributed by atoms with Gasteiger partial charge in [0.15, 0.2) is 0 Å². The third-order valence-electron chi connectivity index (χ3n) is 5.29. The first-order valence-corrected chi connectivity index (χ1v) is 9.39. The minimum Gasteiger partial charge on any atom is -0.497 e. The second-order valence-electron chi connectivity index (χ2n) is 6.98. The van der Waals surface area contributed by atoms with Gasteiger partial charge < -0.3 is 14.4 Å². The lowest BCUT2D eigenvalue weighted by atomic mass is 10.1. The lowest BCUT2D eigenvalue weighted by Gasteiger charge is -2.15. The molecule has 0 spiro atoms. The van der Waals surface area contributed by atoms with Gasteiger partial charge in [-0.05, 0) is 73.7 Å². The second kappa shape index (κ2) is 7.31. The summed E-state index contributed by atoms with van der Waals surface area (Å²) >= 11 is 0. The van der Waals surface area contributed by atoms with Gasteiger partial charge in [-0.3, -0.25) is 0 Å². The predicted molar refractivity (Wildman–Crippen MR) is 106 cm³/mol. The van der Waals surface area contributed by atoms with Crippen molar-refractivity contribution in [1.29, 1.82) is 0 Å². The number of methoxy groups -OCH3 is 1. The second-order valence-corrected chi connectivity index (χ2v) is 6.98. The van der Waals surface area contributed by atoms with E-state index in [9.17, 15) is 9.90 Å². The Balaban J connectivity index is 1.89. The number of hydrogen-bond donors (Lipinski definition) is 1. The summed E-state index contributed by atoms with van der Waals surface area (Å²) in [5.41, 5.74) is 6.27. The first kappa shape index (κ1) is 17.4. The van der Waals surface area contributed by atoms with Crippen molar-refractivity contribution < 1.29 is 14.6 Å². The Morgan fingerprint density at radius 2 is 1.78 bits per heavy atom. The normalized spacial score (nSPS) is 13.7. The fraction of sp³-hybridized carbons (Fsp3) is 0.261. The number of hydrogen-bond acceptors (Lipinski definition) is 2. The number of aryl methyl sites for hydroxylation is 1. The van der Waals surface area contributed by atoms with Crippen LogP contribution in [0.2, 0.25) is 0 Å². The topological polar surface area (TPSA) is 51.5 Å². The average molecular weight is 361 g/mol. The van der Waals surface area contributed by atoms with E-state index in [2.05, 4.69) is 22.8 Å². The van der Waals surface area contributed by atoms with Crippen molar-refractivity contribution in [3.8, 4) is 22.7 Å². The van der Waals surface area contributed by atoms with Gasteiger partial charge >= 0.3 is 5.97 Å². The number of rotatable bonds is 4. The largest absolute Gasteiger partial charge is 0.497 e. The van der Waals surface area contributed by atoms with E-state index in [4.69, 9.17) is 4.74 Å². The monoisotopic (exact) mass is 361 g/mol. The molecule has 1 N–H and O–H groups in total. The molecule has 138 valence electrons. The highest BCUT2D eigenvalue weighted by atomic mass is 16.5. The molecule has 0 aliphatic heterocycles. The Bertz CT molecular complexity index is 970. The fourth-order valence-electron chi connectivity index (χ4n) is 3.92. The minimum absolute atomic E-state index is 0.305. The molecule has 0 fully saturated rings. The van der Waals surface area contributed by atoms with E-state index in [1.807, 2.05) is 24.3 Å². The third kappa shape index (κ3) is 3.35. The number of carboxylic acid groups (broad SMARTS) is 1. The van der Waals surface area contributed by atoms with E-state index in [1.165, 1.54) is 30.5 Å². The SMILES string of the molecule is COc1cccc(-c2cc3c(n2-c2ccc(C(=O)O)cc2)CCCCC3)c1. The van der Waals surface area contributed by atoms with Gasteiger partial charge in [0.1, 0.15) is 5.75 Å². The van der Waals surface area contributed by atoms with Crippen LogP contribution in [0, 0.1) is 0 Å². The number of aromatic nitrogens is 1. The average Bonchev–Trinajstić information content (AvgIpc) is 2.90. The first-order valence-electron chi connectivity index (χ1n) is 9.39. The van der Waals surface area contributed by atoms with Gasteiger partial charge in [0.05, 0.1) is 18.4 Å². The van der Waals surface area contributed by atoms with E-state index in [-0.39, 0.29) is 0 Å². The third-order valence-corrected chi connectivity index (χ3v) is 5.29. The van der Waals surface area contributed by atoms with E-state index in [0.717, 1.165) is 35.5 Å². The van der Waals surface area contributed by atoms with Crippen LogP contribution in [-0.4, -0.2) is 22.8 Å². The lowest BCUT2D eigenvalue weighted by molar-refractivity contribution is 0.0697. The van der Waals surface area contributed by atoms with E-state index in [0.29, 0.717) is 5.56 Å². The molecule has 1 aromatic heterocycles. The summed E-state index contributed by atoms with van der Waals surface area (Å²) in [6, 6.07) is 17.5. The molecule has 27 heavy (non-hydrogen) atoms. The number of nitrogens with zero attached hydrogens (tertiary/aromatic N) is 1. The zero-order chi connectivity index (χ0) is 18.8. The van der Waals surface area contributed by atoms with Crippen molar-refractivity contribution in [2.24, 2.45) is 0 Å². The highest BCUT2D eigenvalue weighted by molar-refractivity contribution is 5.87. The molecule has 1 aliphatic rings. The maximum atomic E-state index is 11.2. The van der Waals surface area contributed by atoms with Gasteiger partial charge in [0.25, 0.3) is 0 Å². The highest BCUT2D eigenvalue weighted by Gasteiger charge is 2.20. The van der Waals surface area contributed by atoms with E-state index in [1.54, 1.807) is 19.2 Å². The fourth-order valence-corrected chi connectivity index (χ4v) is 3.92. The van der Waals surface area contributed by atoms with Crippen molar-refractivity contribution >= 4 is 5.97 Å². The predicted octanol–water partition coefficient (Wildman–Crippen LogP) is 5.12. The Labute approximate surface area is 159 Å². The molecule has 0 atom stereocenters. The number of aromatic carboxylic acids is 1. The van der Waals surface area contributed by atoms with Crippen LogP contribution >= 0.6 is 0 Å². The Kier molecular flexibility index (Phi) is 4.71. The van der Waals surface area contributed by atoms with Crippen LogP contribution in [0.1, 0.15) is 40.9 Å². The molecular weight excluding hydrogens is 338 g/mol. The summed E-state index contributed by atoms with van der Waals surface area (Å²) in [5, 5.41) is 9.21. The molecule has 1 aliphatic carbocycles. The van der Waals surface area contributed by atoms with Crippen LogP contribution in [-0.2, 0) is 12.8 Å². The van der Waals surface area contributed by atoms with Gasteiger partial charge in [-0.15, -0.1) is 0 Å². The van der Waals surface area contributed by atoms with Crippen molar-refractivity contribution in [3.63, 3.8) is 0 Å². The molecule has 1 heterocycles. The highest BCUT2D eigenvalue weighted by Crippen LogP contribution is 2.34.